The van der Waals surface area contributed by atoms with Crippen LogP contribution in [0.25, 0.3) is 0 Å². The molecule has 0 bridgehead atoms. The van der Waals surface area contributed by atoms with Crippen LogP contribution in [0.15, 0.2) is 56.5 Å². The smallest absolute Gasteiger partial charge is 0.191 e. The maximum Gasteiger partial charge on any atom is 0.191 e. The van der Waals surface area contributed by atoms with Crippen molar-refractivity contribution in [2.24, 2.45) is 10.9 Å². The topological polar surface area (TPSA) is 73.0 Å². The first kappa shape index (κ1) is 24.0. The van der Waals surface area contributed by atoms with E-state index >= 15 is 0 Å². The minimum atomic E-state index is -1.13. The Morgan fingerprint density at radius 1 is 1.31 bits per heavy atom. The van der Waals surface area contributed by atoms with Crippen LogP contribution >= 0.6 is 39.9 Å². The van der Waals surface area contributed by atoms with Crippen LogP contribution < -0.4 is 15.5 Å². The molecule has 160 valence electrons. The van der Waals surface area contributed by atoms with Gasteiger partial charge in [0.15, 0.2) is 5.96 Å². The third-order valence-corrected chi connectivity index (χ3v) is 5.51. The summed E-state index contributed by atoms with van der Waals surface area (Å²) in [4.78, 5) is 6.98. The average molecular weight is 577 g/mol. The molecule has 2 atom stereocenters. The van der Waals surface area contributed by atoms with Gasteiger partial charge in [0.2, 0.25) is 0 Å². The average Bonchev–Trinajstić information content (AvgIpc) is 3.37. The Morgan fingerprint density at radius 2 is 2.07 bits per heavy atom. The molecule has 0 aliphatic carbocycles. The zero-order valence-electron chi connectivity index (χ0n) is 16.9. The first-order chi connectivity index (χ1) is 13.5. The van der Waals surface area contributed by atoms with E-state index in [2.05, 4.69) is 60.7 Å². The zero-order valence-corrected chi connectivity index (χ0v) is 20.8. The van der Waals surface area contributed by atoms with Gasteiger partial charge in [-0.2, -0.15) is 0 Å². The third-order valence-electron chi connectivity index (χ3n) is 4.98. The highest BCUT2D eigenvalue weighted by Gasteiger charge is 2.26. The molecule has 0 spiro atoms. The molecule has 1 saturated heterocycles. The SMILES string of the molecule is CCNC(=NCC(C)(O)c1ccco1)NCC1CCN(c2ccc(Br)cc2)C1.I. The lowest BCUT2D eigenvalue weighted by molar-refractivity contribution is 0.0437. The Morgan fingerprint density at radius 3 is 2.72 bits per heavy atom. The molecular weight excluding hydrogens is 547 g/mol. The van der Waals surface area contributed by atoms with Crippen molar-refractivity contribution in [2.75, 3.05) is 37.6 Å². The summed E-state index contributed by atoms with van der Waals surface area (Å²) >= 11 is 3.49. The number of hydrogen-bond donors (Lipinski definition) is 3. The lowest BCUT2D eigenvalue weighted by Crippen LogP contribution is -2.41. The number of aliphatic hydroxyl groups is 1. The molecule has 29 heavy (non-hydrogen) atoms. The van der Waals surface area contributed by atoms with Gasteiger partial charge in [0.1, 0.15) is 11.4 Å². The summed E-state index contributed by atoms with van der Waals surface area (Å²) in [5.41, 5.74) is 0.137. The van der Waals surface area contributed by atoms with Crippen molar-refractivity contribution < 1.29 is 9.52 Å². The van der Waals surface area contributed by atoms with Gasteiger partial charge in [-0.05, 0) is 62.6 Å². The summed E-state index contributed by atoms with van der Waals surface area (Å²) in [7, 11) is 0. The number of furan rings is 1. The molecule has 0 saturated carbocycles. The summed E-state index contributed by atoms with van der Waals surface area (Å²) in [6, 6.07) is 12.0. The molecule has 1 fully saturated rings. The molecule has 6 nitrogen and oxygen atoms in total. The van der Waals surface area contributed by atoms with E-state index in [0.29, 0.717) is 11.7 Å². The van der Waals surface area contributed by atoms with Gasteiger partial charge < -0.3 is 25.1 Å². The van der Waals surface area contributed by atoms with E-state index in [1.165, 1.54) is 5.69 Å². The second kappa shape index (κ2) is 11.2. The number of guanidine groups is 1. The Kier molecular flexibility index (Phi) is 9.29. The summed E-state index contributed by atoms with van der Waals surface area (Å²) < 4.78 is 6.43. The first-order valence-electron chi connectivity index (χ1n) is 9.77. The van der Waals surface area contributed by atoms with Crippen molar-refractivity contribution in [3.63, 3.8) is 0 Å². The van der Waals surface area contributed by atoms with E-state index in [1.54, 1.807) is 25.3 Å². The summed E-state index contributed by atoms with van der Waals surface area (Å²) in [5, 5.41) is 17.3. The molecule has 0 radical (unpaired) electrons. The normalized spacial score (nSPS) is 18.8. The van der Waals surface area contributed by atoms with E-state index in [9.17, 15) is 5.11 Å². The molecule has 8 heteroatoms. The minimum absolute atomic E-state index is 0. The maximum atomic E-state index is 10.6. The standard InChI is InChI=1S/C21H29BrN4O2.HI/c1-3-23-20(25-15-21(2,27)19-5-4-12-28-19)24-13-16-10-11-26(14-16)18-8-6-17(22)7-9-18;/h4-9,12,16,27H,3,10-11,13-15H2,1-2H3,(H2,23,24,25);1H. The van der Waals surface area contributed by atoms with Crippen LogP contribution in [0.1, 0.15) is 26.0 Å². The predicted octanol–water partition coefficient (Wildman–Crippen LogP) is 3.95. The second-order valence-electron chi connectivity index (χ2n) is 7.40. The van der Waals surface area contributed by atoms with E-state index < -0.39 is 5.60 Å². The van der Waals surface area contributed by atoms with Gasteiger partial charge >= 0.3 is 0 Å². The number of rotatable bonds is 7. The fraction of sp³-hybridized carbons (Fsp3) is 0.476. The molecule has 0 amide bonds. The van der Waals surface area contributed by atoms with Crippen molar-refractivity contribution in [3.05, 3.63) is 52.9 Å². The Labute approximate surface area is 198 Å². The van der Waals surface area contributed by atoms with Gasteiger partial charge in [0.25, 0.3) is 0 Å². The minimum Gasteiger partial charge on any atom is -0.466 e. The number of nitrogens with zero attached hydrogens (tertiary/aromatic N) is 2. The summed E-state index contributed by atoms with van der Waals surface area (Å²) in [6.45, 7) is 7.68. The number of aliphatic imine (C=N–C) groups is 1. The highest BCUT2D eigenvalue weighted by molar-refractivity contribution is 14.0. The molecule has 1 aliphatic rings. The quantitative estimate of drug-likeness (QED) is 0.264. The summed E-state index contributed by atoms with van der Waals surface area (Å²) in [6.07, 6.45) is 2.71. The molecule has 3 rings (SSSR count). The van der Waals surface area contributed by atoms with Gasteiger partial charge in [0.05, 0.1) is 12.8 Å². The van der Waals surface area contributed by atoms with Gasteiger partial charge in [-0.3, -0.25) is 0 Å². The van der Waals surface area contributed by atoms with Crippen LogP contribution in [0.4, 0.5) is 5.69 Å². The first-order valence-corrected chi connectivity index (χ1v) is 10.6. The zero-order chi connectivity index (χ0) is 20.0. The number of halogens is 2. The Balaban J connectivity index is 0.00000300. The second-order valence-corrected chi connectivity index (χ2v) is 8.32. The van der Waals surface area contributed by atoms with E-state index in [0.717, 1.165) is 43.0 Å². The highest BCUT2D eigenvalue weighted by atomic mass is 127. The molecule has 2 aromatic rings. The lowest BCUT2D eigenvalue weighted by Gasteiger charge is -2.21. The van der Waals surface area contributed by atoms with Crippen molar-refractivity contribution >= 4 is 51.6 Å². The van der Waals surface area contributed by atoms with Crippen molar-refractivity contribution in [3.8, 4) is 0 Å². The molecule has 2 heterocycles. The van der Waals surface area contributed by atoms with E-state index in [-0.39, 0.29) is 30.5 Å². The monoisotopic (exact) mass is 576 g/mol. The Hall–Kier alpha value is -1.26. The van der Waals surface area contributed by atoms with E-state index in [1.807, 2.05) is 6.92 Å². The lowest BCUT2D eigenvalue weighted by atomic mass is 10.0. The van der Waals surface area contributed by atoms with Gasteiger partial charge in [-0.1, -0.05) is 15.9 Å². The number of anilines is 1. The van der Waals surface area contributed by atoms with Crippen LogP contribution in [0, 0.1) is 5.92 Å². The van der Waals surface area contributed by atoms with Gasteiger partial charge in [0, 0.05) is 36.3 Å². The number of nitrogens with one attached hydrogen (secondary N) is 2. The molecule has 1 aromatic heterocycles. The molecule has 2 unspecified atom stereocenters. The van der Waals surface area contributed by atoms with Gasteiger partial charge in [-0.15, -0.1) is 24.0 Å². The Bertz CT molecular complexity index is 765. The number of benzene rings is 1. The number of hydrogen-bond acceptors (Lipinski definition) is 4. The molecule has 1 aliphatic heterocycles. The molecule has 1 aromatic carbocycles. The van der Waals surface area contributed by atoms with Crippen LogP contribution in [0.2, 0.25) is 0 Å². The highest BCUT2D eigenvalue weighted by Crippen LogP contribution is 2.25. The fourth-order valence-electron chi connectivity index (χ4n) is 3.36. The predicted molar refractivity (Wildman–Crippen MR) is 132 cm³/mol. The molecular formula is C21H30BrIN4O2. The van der Waals surface area contributed by atoms with Crippen LogP contribution in [0.3, 0.4) is 0 Å². The summed E-state index contributed by atoms with van der Waals surface area (Å²) in [5.74, 6) is 1.79. The van der Waals surface area contributed by atoms with Crippen LogP contribution in [0.5, 0.6) is 0 Å². The largest absolute Gasteiger partial charge is 0.466 e. The van der Waals surface area contributed by atoms with Crippen molar-refractivity contribution in [1.82, 2.24) is 10.6 Å². The van der Waals surface area contributed by atoms with Crippen molar-refractivity contribution in [1.29, 1.82) is 0 Å². The van der Waals surface area contributed by atoms with Crippen LogP contribution in [-0.4, -0.2) is 43.8 Å². The van der Waals surface area contributed by atoms with Crippen LogP contribution in [-0.2, 0) is 5.60 Å². The van der Waals surface area contributed by atoms with Crippen molar-refractivity contribution in [2.45, 2.75) is 25.9 Å². The van der Waals surface area contributed by atoms with E-state index in [4.69, 9.17) is 4.42 Å². The van der Waals surface area contributed by atoms with Gasteiger partial charge in [-0.25, -0.2) is 4.99 Å². The molecule has 3 N–H and O–H groups in total. The third kappa shape index (κ3) is 6.89. The maximum absolute atomic E-state index is 10.6. The fourth-order valence-corrected chi connectivity index (χ4v) is 3.63.